The van der Waals surface area contributed by atoms with Gasteiger partial charge >= 0.3 is 6.16 Å². The maximum atomic E-state index is 11.2. The number of benzene rings is 1. The smallest absolute Gasteiger partial charge is 0.434 e. The van der Waals surface area contributed by atoms with E-state index in [4.69, 9.17) is 21.1 Å². The molecule has 0 unspecified atom stereocenters. The molecule has 0 saturated heterocycles. The van der Waals surface area contributed by atoms with Gasteiger partial charge < -0.3 is 9.47 Å². The van der Waals surface area contributed by atoms with Crippen molar-refractivity contribution in [2.24, 2.45) is 0 Å². The van der Waals surface area contributed by atoms with Crippen molar-refractivity contribution in [1.82, 2.24) is 0 Å². The fourth-order valence-electron chi connectivity index (χ4n) is 1.05. The molecule has 1 rings (SSSR count). The van der Waals surface area contributed by atoms with E-state index in [1.807, 2.05) is 0 Å². The molecule has 92 valence electrons. The van der Waals surface area contributed by atoms with Crippen LogP contribution in [-0.4, -0.2) is 18.5 Å². The van der Waals surface area contributed by atoms with Crippen molar-refractivity contribution in [3.8, 4) is 5.75 Å². The van der Waals surface area contributed by atoms with E-state index in [0.717, 1.165) is 0 Å². The van der Waals surface area contributed by atoms with E-state index in [1.54, 1.807) is 31.2 Å². The van der Waals surface area contributed by atoms with Crippen LogP contribution in [0.1, 0.15) is 19.8 Å². The molecule has 0 amide bonds. The average Bonchev–Trinajstić information content (AvgIpc) is 2.32. The van der Waals surface area contributed by atoms with Crippen LogP contribution in [0, 0.1) is 0 Å². The number of carbonyl (C=O) groups is 2. The molecule has 1 aromatic rings. The molecule has 4 nitrogen and oxygen atoms in total. The summed E-state index contributed by atoms with van der Waals surface area (Å²) in [5, 5.41) is 0.555. The first-order chi connectivity index (χ1) is 8.11. The molecule has 0 aromatic heterocycles. The third-order valence-electron chi connectivity index (χ3n) is 2.01. The zero-order valence-electron chi connectivity index (χ0n) is 9.44. The highest BCUT2D eigenvalue weighted by molar-refractivity contribution is 6.30. The molecule has 0 fully saturated rings. The molecule has 0 saturated carbocycles. The highest BCUT2D eigenvalue weighted by atomic mass is 35.5. The van der Waals surface area contributed by atoms with Crippen molar-refractivity contribution in [3.05, 3.63) is 29.3 Å². The molecule has 0 N–H and O–H groups in total. The lowest BCUT2D eigenvalue weighted by Gasteiger charge is -2.05. The second-order valence-corrected chi connectivity index (χ2v) is 3.73. The fraction of sp³-hybridized carbons (Fsp3) is 0.333. The van der Waals surface area contributed by atoms with Crippen LogP contribution in [0.4, 0.5) is 4.79 Å². The fourth-order valence-corrected chi connectivity index (χ4v) is 1.18. The molecule has 0 bridgehead atoms. The number of rotatable bonds is 5. The Morgan fingerprint density at radius 1 is 1.24 bits per heavy atom. The zero-order chi connectivity index (χ0) is 12.7. The highest BCUT2D eigenvalue weighted by Gasteiger charge is 2.07. The molecule has 0 aliphatic carbocycles. The SMILES string of the molecule is CCC(=O)CCOC(=O)Oc1ccc(Cl)cc1. The van der Waals surface area contributed by atoms with Crippen LogP contribution in [0.25, 0.3) is 0 Å². The van der Waals surface area contributed by atoms with Gasteiger partial charge in [0.25, 0.3) is 0 Å². The van der Waals surface area contributed by atoms with E-state index in [9.17, 15) is 9.59 Å². The molecular weight excluding hydrogens is 244 g/mol. The van der Waals surface area contributed by atoms with Crippen LogP contribution in [0.15, 0.2) is 24.3 Å². The van der Waals surface area contributed by atoms with Gasteiger partial charge in [-0.2, -0.15) is 0 Å². The third kappa shape index (κ3) is 5.36. The Bertz CT molecular complexity index is 386. The van der Waals surface area contributed by atoms with Gasteiger partial charge in [-0.1, -0.05) is 18.5 Å². The van der Waals surface area contributed by atoms with Gasteiger partial charge in [-0.05, 0) is 24.3 Å². The van der Waals surface area contributed by atoms with Crippen LogP contribution < -0.4 is 4.74 Å². The maximum absolute atomic E-state index is 11.2. The van der Waals surface area contributed by atoms with Gasteiger partial charge in [-0.3, -0.25) is 4.79 Å². The number of halogens is 1. The Labute approximate surface area is 104 Å². The van der Waals surface area contributed by atoms with Crippen LogP contribution in [-0.2, 0) is 9.53 Å². The molecule has 1 aromatic carbocycles. The molecule has 5 heteroatoms. The summed E-state index contributed by atoms with van der Waals surface area (Å²) in [6.07, 6.45) is -0.168. The average molecular weight is 257 g/mol. The Morgan fingerprint density at radius 3 is 2.47 bits per heavy atom. The normalized spacial score (nSPS) is 9.76. The Morgan fingerprint density at radius 2 is 1.88 bits per heavy atom. The number of ketones is 1. The second-order valence-electron chi connectivity index (χ2n) is 3.30. The number of carbonyl (C=O) groups excluding carboxylic acids is 2. The van der Waals surface area contributed by atoms with Crippen molar-refractivity contribution >= 4 is 23.5 Å². The van der Waals surface area contributed by atoms with Crippen LogP contribution in [0.5, 0.6) is 5.75 Å². The number of hydrogen-bond acceptors (Lipinski definition) is 4. The van der Waals surface area contributed by atoms with E-state index in [2.05, 4.69) is 0 Å². The van der Waals surface area contributed by atoms with Gasteiger partial charge in [-0.25, -0.2) is 4.79 Å². The van der Waals surface area contributed by atoms with Gasteiger partial charge in [0.2, 0.25) is 0 Å². The largest absolute Gasteiger partial charge is 0.513 e. The quantitative estimate of drug-likeness (QED) is 0.600. The molecule has 0 atom stereocenters. The van der Waals surface area contributed by atoms with E-state index in [0.29, 0.717) is 17.2 Å². The molecule has 0 heterocycles. The van der Waals surface area contributed by atoms with Gasteiger partial charge in [-0.15, -0.1) is 0 Å². The highest BCUT2D eigenvalue weighted by Crippen LogP contribution is 2.15. The van der Waals surface area contributed by atoms with E-state index < -0.39 is 6.16 Å². The Hall–Kier alpha value is -1.55. The minimum absolute atomic E-state index is 0.0408. The first-order valence-corrected chi connectivity index (χ1v) is 5.61. The summed E-state index contributed by atoms with van der Waals surface area (Å²) in [6, 6.07) is 6.32. The lowest BCUT2D eigenvalue weighted by atomic mass is 10.2. The monoisotopic (exact) mass is 256 g/mol. The van der Waals surface area contributed by atoms with Crippen molar-refractivity contribution in [2.45, 2.75) is 19.8 Å². The summed E-state index contributed by atoms with van der Waals surface area (Å²) in [4.78, 5) is 22.1. The molecule has 0 aliphatic heterocycles. The molecule has 17 heavy (non-hydrogen) atoms. The minimum atomic E-state index is -0.823. The second kappa shape index (κ2) is 6.91. The number of ether oxygens (including phenoxy) is 2. The van der Waals surface area contributed by atoms with Gasteiger partial charge in [0.1, 0.15) is 18.1 Å². The Kier molecular flexibility index (Phi) is 5.49. The lowest BCUT2D eigenvalue weighted by molar-refractivity contribution is -0.119. The minimum Gasteiger partial charge on any atom is -0.434 e. The van der Waals surface area contributed by atoms with Crippen molar-refractivity contribution in [1.29, 1.82) is 0 Å². The predicted octanol–water partition coefficient (Wildman–Crippen LogP) is 3.22. The van der Waals surface area contributed by atoms with Crippen molar-refractivity contribution in [2.75, 3.05) is 6.61 Å². The predicted molar refractivity (Wildman–Crippen MR) is 63.3 cm³/mol. The van der Waals surface area contributed by atoms with Gasteiger partial charge in [0, 0.05) is 17.9 Å². The van der Waals surface area contributed by atoms with Gasteiger partial charge in [0.05, 0.1) is 0 Å². The van der Waals surface area contributed by atoms with E-state index >= 15 is 0 Å². The first-order valence-electron chi connectivity index (χ1n) is 5.23. The van der Waals surface area contributed by atoms with Crippen LogP contribution >= 0.6 is 11.6 Å². The summed E-state index contributed by atoms with van der Waals surface area (Å²) in [6.45, 7) is 1.80. The van der Waals surface area contributed by atoms with Crippen LogP contribution in [0.2, 0.25) is 5.02 Å². The van der Waals surface area contributed by atoms with Crippen molar-refractivity contribution in [3.63, 3.8) is 0 Å². The lowest BCUT2D eigenvalue weighted by Crippen LogP contribution is -2.13. The molecule has 0 radical (unpaired) electrons. The van der Waals surface area contributed by atoms with E-state index in [1.165, 1.54) is 0 Å². The summed E-state index contributed by atoms with van der Waals surface area (Å²) >= 11 is 5.67. The summed E-state index contributed by atoms with van der Waals surface area (Å²) in [7, 11) is 0. The summed E-state index contributed by atoms with van der Waals surface area (Å²) < 4.78 is 9.59. The summed E-state index contributed by atoms with van der Waals surface area (Å²) in [5.74, 6) is 0.394. The third-order valence-corrected chi connectivity index (χ3v) is 2.26. The number of Topliss-reactive ketones (excluding diaryl/α,β-unsaturated/α-hetero) is 1. The zero-order valence-corrected chi connectivity index (χ0v) is 10.2. The van der Waals surface area contributed by atoms with Crippen LogP contribution in [0.3, 0.4) is 0 Å². The molecule has 0 aliphatic rings. The number of hydrogen-bond donors (Lipinski definition) is 0. The van der Waals surface area contributed by atoms with Crippen molar-refractivity contribution < 1.29 is 19.1 Å². The topological polar surface area (TPSA) is 52.6 Å². The molecular formula is C12H13ClO4. The molecule has 0 spiro atoms. The maximum Gasteiger partial charge on any atom is 0.513 e. The summed E-state index contributed by atoms with van der Waals surface area (Å²) in [5.41, 5.74) is 0. The Balaban J connectivity index is 2.30. The van der Waals surface area contributed by atoms with E-state index in [-0.39, 0.29) is 18.8 Å². The van der Waals surface area contributed by atoms with Gasteiger partial charge in [0.15, 0.2) is 0 Å². The standard InChI is InChI=1S/C12H13ClO4/c1-2-10(14)7-8-16-12(15)17-11-5-3-9(13)4-6-11/h3-6H,2,7-8H2,1H3. The first kappa shape index (κ1) is 13.5.